The van der Waals surface area contributed by atoms with Gasteiger partial charge >= 0.3 is 0 Å². The number of anilines is 2. The van der Waals surface area contributed by atoms with Gasteiger partial charge in [0.15, 0.2) is 5.11 Å². The lowest BCUT2D eigenvalue weighted by molar-refractivity contribution is -0.124. The Morgan fingerprint density at radius 2 is 1.72 bits per heavy atom. The SMILES string of the molecule is Cc1ccc(NC(=O)CC2C(=O)N(c3ccc(Cl)cc3)C(=S)N2Cc2ccncc2)cc1. The Bertz CT molecular complexity index is 1140. The van der Waals surface area contributed by atoms with Crippen molar-refractivity contribution >= 4 is 52.1 Å². The van der Waals surface area contributed by atoms with Crippen LogP contribution >= 0.6 is 23.8 Å². The molecule has 1 saturated heterocycles. The lowest BCUT2D eigenvalue weighted by Gasteiger charge is -2.24. The number of carbonyl (C=O) groups is 2. The number of aryl methyl sites for hydroxylation is 1. The number of nitrogens with one attached hydrogen (secondary N) is 1. The predicted octanol–water partition coefficient (Wildman–Crippen LogP) is 4.57. The Hall–Kier alpha value is -3.29. The summed E-state index contributed by atoms with van der Waals surface area (Å²) in [4.78, 5) is 33.5. The maximum Gasteiger partial charge on any atom is 0.256 e. The second-order valence-corrected chi connectivity index (χ2v) is 8.35. The topological polar surface area (TPSA) is 65.5 Å². The minimum absolute atomic E-state index is 0.0258. The third-order valence-electron chi connectivity index (χ3n) is 5.22. The third kappa shape index (κ3) is 4.79. The summed E-state index contributed by atoms with van der Waals surface area (Å²) in [7, 11) is 0. The van der Waals surface area contributed by atoms with Crippen LogP contribution in [-0.4, -0.2) is 32.9 Å². The van der Waals surface area contributed by atoms with Crippen molar-refractivity contribution in [2.24, 2.45) is 0 Å². The number of aromatic nitrogens is 1. The maximum absolute atomic E-state index is 13.4. The maximum atomic E-state index is 13.4. The van der Waals surface area contributed by atoms with Gasteiger partial charge in [-0.05, 0) is 73.2 Å². The summed E-state index contributed by atoms with van der Waals surface area (Å²) in [5.41, 5.74) is 3.34. The van der Waals surface area contributed by atoms with Gasteiger partial charge < -0.3 is 10.2 Å². The molecule has 4 rings (SSSR count). The predicted molar refractivity (Wildman–Crippen MR) is 130 cm³/mol. The molecule has 1 aliphatic heterocycles. The zero-order valence-corrected chi connectivity index (χ0v) is 18.9. The van der Waals surface area contributed by atoms with E-state index in [9.17, 15) is 9.59 Å². The standard InChI is InChI=1S/C24H21ClN4O2S/c1-16-2-6-19(7-3-16)27-22(30)14-21-23(31)29(20-8-4-18(25)5-9-20)24(32)28(21)15-17-10-12-26-13-11-17/h2-13,21H,14-15H2,1H3,(H,27,30). The van der Waals surface area contributed by atoms with Crippen molar-refractivity contribution in [3.05, 3.63) is 89.2 Å². The van der Waals surface area contributed by atoms with E-state index in [0.29, 0.717) is 28.1 Å². The molecule has 0 aliphatic carbocycles. The number of hydrogen-bond donors (Lipinski definition) is 1. The molecule has 6 nitrogen and oxygen atoms in total. The molecule has 1 aromatic heterocycles. The van der Waals surface area contributed by atoms with Crippen LogP contribution in [0.5, 0.6) is 0 Å². The first-order chi connectivity index (χ1) is 15.4. The van der Waals surface area contributed by atoms with Gasteiger partial charge in [0.25, 0.3) is 5.91 Å². The number of benzene rings is 2. The number of thiocarbonyl (C=S) groups is 1. The third-order valence-corrected chi connectivity index (χ3v) is 5.89. The summed E-state index contributed by atoms with van der Waals surface area (Å²) >= 11 is 11.7. The molecule has 2 amide bonds. The van der Waals surface area contributed by atoms with Crippen LogP contribution in [0.3, 0.4) is 0 Å². The molecule has 2 aromatic carbocycles. The molecule has 1 unspecified atom stereocenters. The zero-order chi connectivity index (χ0) is 22.7. The fourth-order valence-electron chi connectivity index (χ4n) is 3.55. The Balaban J connectivity index is 1.59. The number of nitrogens with zero attached hydrogens (tertiary/aromatic N) is 3. The normalized spacial score (nSPS) is 15.9. The molecule has 0 saturated carbocycles. The van der Waals surface area contributed by atoms with E-state index >= 15 is 0 Å². The van der Waals surface area contributed by atoms with E-state index in [0.717, 1.165) is 11.1 Å². The number of halogens is 1. The lowest BCUT2D eigenvalue weighted by Crippen LogP contribution is -2.37. The van der Waals surface area contributed by atoms with Crippen molar-refractivity contribution in [2.75, 3.05) is 10.2 Å². The van der Waals surface area contributed by atoms with Gasteiger partial charge in [-0.15, -0.1) is 0 Å². The largest absolute Gasteiger partial charge is 0.332 e. The molecular weight excluding hydrogens is 444 g/mol. The molecule has 0 spiro atoms. The Morgan fingerprint density at radius 3 is 2.38 bits per heavy atom. The highest BCUT2D eigenvalue weighted by Crippen LogP contribution is 2.29. The molecule has 1 aliphatic rings. The highest BCUT2D eigenvalue weighted by Gasteiger charge is 2.44. The van der Waals surface area contributed by atoms with Gasteiger partial charge in [0, 0.05) is 29.6 Å². The van der Waals surface area contributed by atoms with Crippen LogP contribution < -0.4 is 10.2 Å². The molecule has 2 heterocycles. The number of pyridine rings is 1. The monoisotopic (exact) mass is 464 g/mol. The van der Waals surface area contributed by atoms with Crippen molar-refractivity contribution in [1.82, 2.24) is 9.88 Å². The number of carbonyl (C=O) groups excluding carboxylic acids is 2. The number of hydrogen-bond acceptors (Lipinski definition) is 4. The molecule has 162 valence electrons. The van der Waals surface area contributed by atoms with Crippen LogP contribution in [0, 0.1) is 6.92 Å². The van der Waals surface area contributed by atoms with E-state index in [4.69, 9.17) is 23.8 Å². The van der Waals surface area contributed by atoms with Crippen molar-refractivity contribution in [1.29, 1.82) is 0 Å². The van der Waals surface area contributed by atoms with E-state index in [1.54, 1.807) is 41.6 Å². The summed E-state index contributed by atoms with van der Waals surface area (Å²) in [6, 6.07) is 17.4. The first-order valence-electron chi connectivity index (χ1n) is 10.1. The van der Waals surface area contributed by atoms with Crippen LogP contribution in [0.15, 0.2) is 73.1 Å². The van der Waals surface area contributed by atoms with Crippen molar-refractivity contribution < 1.29 is 9.59 Å². The van der Waals surface area contributed by atoms with E-state index in [1.807, 2.05) is 43.3 Å². The van der Waals surface area contributed by atoms with Gasteiger partial charge in [0.1, 0.15) is 6.04 Å². The van der Waals surface area contributed by atoms with Crippen molar-refractivity contribution in [3.8, 4) is 0 Å². The molecule has 1 atom stereocenters. The van der Waals surface area contributed by atoms with Crippen LogP contribution in [0.25, 0.3) is 0 Å². The smallest absolute Gasteiger partial charge is 0.256 e. The second kappa shape index (κ2) is 9.46. The van der Waals surface area contributed by atoms with E-state index in [2.05, 4.69) is 10.3 Å². The van der Waals surface area contributed by atoms with Gasteiger partial charge in [-0.1, -0.05) is 29.3 Å². The highest BCUT2D eigenvalue weighted by atomic mass is 35.5. The Kier molecular flexibility index (Phi) is 6.48. The first kappa shape index (κ1) is 21.9. The molecule has 0 bridgehead atoms. The summed E-state index contributed by atoms with van der Waals surface area (Å²) < 4.78 is 0. The minimum atomic E-state index is -0.725. The summed E-state index contributed by atoms with van der Waals surface area (Å²) in [6.07, 6.45) is 3.35. The van der Waals surface area contributed by atoms with Crippen molar-refractivity contribution in [2.45, 2.75) is 25.9 Å². The molecule has 1 fully saturated rings. The summed E-state index contributed by atoms with van der Waals surface area (Å²) in [5.74, 6) is -0.502. The molecule has 3 aromatic rings. The van der Waals surface area contributed by atoms with E-state index in [1.165, 1.54) is 4.90 Å². The average Bonchev–Trinajstić information content (AvgIpc) is 3.01. The van der Waals surface area contributed by atoms with Crippen LogP contribution in [0.1, 0.15) is 17.5 Å². The van der Waals surface area contributed by atoms with Gasteiger partial charge in [0.2, 0.25) is 5.91 Å². The zero-order valence-electron chi connectivity index (χ0n) is 17.4. The van der Waals surface area contributed by atoms with Crippen LogP contribution in [0.2, 0.25) is 5.02 Å². The van der Waals surface area contributed by atoms with Gasteiger partial charge in [0.05, 0.1) is 12.1 Å². The fraction of sp³-hybridized carbons (Fsp3) is 0.167. The number of rotatable bonds is 6. The Labute approximate surface area is 196 Å². The summed E-state index contributed by atoms with van der Waals surface area (Å²) in [6.45, 7) is 2.37. The summed E-state index contributed by atoms with van der Waals surface area (Å²) in [5, 5.41) is 3.78. The van der Waals surface area contributed by atoms with Gasteiger partial charge in [-0.3, -0.25) is 19.5 Å². The molecule has 0 radical (unpaired) electrons. The lowest BCUT2D eigenvalue weighted by atomic mass is 10.1. The quantitative estimate of drug-likeness (QED) is 0.541. The molecule has 1 N–H and O–H groups in total. The highest BCUT2D eigenvalue weighted by molar-refractivity contribution is 7.80. The average molecular weight is 465 g/mol. The van der Waals surface area contributed by atoms with E-state index in [-0.39, 0.29) is 18.2 Å². The van der Waals surface area contributed by atoms with Crippen LogP contribution in [-0.2, 0) is 16.1 Å². The van der Waals surface area contributed by atoms with E-state index < -0.39 is 6.04 Å². The Morgan fingerprint density at radius 1 is 1.06 bits per heavy atom. The fourth-order valence-corrected chi connectivity index (χ4v) is 4.06. The van der Waals surface area contributed by atoms with Gasteiger partial charge in [-0.2, -0.15) is 0 Å². The van der Waals surface area contributed by atoms with Crippen molar-refractivity contribution in [3.63, 3.8) is 0 Å². The molecule has 32 heavy (non-hydrogen) atoms. The second-order valence-electron chi connectivity index (χ2n) is 7.55. The molecular formula is C24H21ClN4O2S. The van der Waals surface area contributed by atoms with Gasteiger partial charge in [-0.25, -0.2) is 0 Å². The first-order valence-corrected chi connectivity index (χ1v) is 10.9. The molecule has 8 heteroatoms. The minimum Gasteiger partial charge on any atom is -0.332 e. The van der Waals surface area contributed by atoms with Crippen LogP contribution in [0.4, 0.5) is 11.4 Å². The number of amides is 2.